The van der Waals surface area contributed by atoms with Crippen LogP contribution in [0.25, 0.3) is 0 Å². The van der Waals surface area contributed by atoms with Gasteiger partial charge in [0.1, 0.15) is 0 Å². The van der Waals surface area contributed by atoms with Crippen molar-refractivity contribution in [2.24, 2.45) is 0 Å². The van der Waals surface area contributed by atoms with E-state index in [-0.39, 0.29) is 12.1 Å². The van der Waals surface area contributed by atoms with Crippen LogP contribution in [0.3, 0.4) is 0 Å². The minimum absolute atomic E-state index is 0.0810. The van der Waals surface area contributed by atoms with Crippen molar-refractivity contribution >= 4 is 6.03 Å². The minimum atomic E-state index is -0.0810. The van der Waals surface area contributed by atoms with Crippen molar-refractivity contribution in [1.29, 1.82) is 0 Å². The first-order valence-corrected chi connectivity index (χ1v) is 7.24. The Morgan fingerprint density at radius 1 is 1.42 bits per heavy atom. The zero-order chi connectivity index (χ0) is 13.9. The molecule has 0 unspecified atom stereocenters. The second-order valence-electron chi connectivity index (χ2n) is 4.98. The van der Waals surface area contributed by atoms with Gasteiger partial charge in [0, 0.05) is 30.9 Å². The van der Waals surface area contributed by atoms with E-state index in [9.17, 15) is 4.79 Å². The molecule has 5 nitrogen and oxygen atoms in total. The second-order valence-corrected chi connectivity index (χ2v) is 4.98. The van der Waals surface area contributed by atoms with Crippen molar-refractivity contribution in [3.63, 3.8) is 0 Å². The van der Waals surface area contributed by atoms with Crippen LogP contribution in [0, 0.1) is 0 Å². The lowest BCUT2D eigenvalue weighted by Crippen LogP contribution is -2.41. The van der Waals surface area contributed by atoms with E-state index in [1.165, 1.54) is 25.7 Å². The van der Waals surface area contributed by atoms with Gasteiger partial charge >= 0.3 is 6.03 Å². The fourth-order valence-electron chi connectivity index (χ4n) is 1.96. The first-order valence-electron chi connectivity index (χ1n) is 7.24. The normalized spacial score (nSPS) is 12.1. The lowest BCUT2D eigenvalue weighted by molar-refractivity contribution is 0.237. The fraction of sp³-hybridized carbons (Fsp3) is 0.714. The Morgan fingerprint density at radius 2 is 2.26 bits per heavy atom. The van der Waals surface area contributed by atoms with Crippen LogP contribution in [0.4, 0.5) is 4.79 Å². The Bertz CT molecular complexity index is 337. The molecule has 0 aliphatic rings. The summed E-state index contributed by atoms with van der Waals surface area (Å²) >= 11 is 0. The van der Waals surface area contributed by atoms with E-state index in [1.54, 1.807) is 12.5 Å². The molecule has 5 heteroatoms. The van der Waals surface area contributed by atoms with Crippen molar-refractivity contribution in [3.05, 3.63) is 18.2 Å². The zero-order valence-corrected chi connectivity index (χ0v) is 12.0. The summed E-state index contributed by atoms with van der Waals surface area (Å²) in [4.78, 5) is 18.6. The average molecular weight is 266 g/mol. The number of aromatic amines is 1. The van der Waals surface area contributed by atoms with Crippen LogP contribution in [0.15, 0.2) is 12.5 Å². The summed E-state index contributed by atoms with van der Waals surface area (Å²) in [6.45, 7) is 4.88. The molecule has 0 saturated carbocycles. The third-order valence-electron chi connectivity index (χ3n) is 3.10. The summed E-state index contributed by atoms with van der Waals surface area (Å²) < 4.78 is 0. The summed E-state index contributed by atoms with van der Waals surface area (Å²) in [6.07, 6.45) is 10.2. The van der Waals surface area contributed by atoms with Gasteiger partial charge in [-0.25, -0.2) is 9.78 Å². The van der Waals surface area contributed by atoms with E-state index in [0.29, 0.717) is 6.54 Å². The van der Waals surface area contributed by atoms with E-state index in [4.69, 9.17) is 0 Å². The number of H-pyrrole nitrogens is 1. The molecule has 0 aromatic carbocycles. The van der Waals surface area contributed by atoms with Crippen LogP contribution in [0.1, 0.15) is 51.6 Å². The van der Waals surface area contributed by atoms with E-state index in [0.717, 1.165) is 18.5 Å². The Labute approximate surface area is 115 Å². The van der Waals surface area contributed by atoms with Gasteiger partial charge in [-0.2, -0.15) is 0 Å². The molecule has 0 fully saturated rings. The zero-order valence-electron chi connectivity index (χ0n) is 12.0. The fourth-order valence-corrected chi connectivity index (χ4v) is 1.96. The Balaban J connectivity index is 2.03. The van der Waals surface area contributed by atoms with E-state index in [2.05, 4.69) is 34.4 Å². The highest BCUT2D eigenvalue weighted by Crippen LogP contribution is 2.04. The molecule has 1 heterocycles. The SMILES string of the molecule is CCCCCC[C@@H](C)NC(=O)NCCc1cnc[nH]1. The largest absolute Gasteiger partial charge is 0.348 e. The maximum Gasteiger partial charge on any atom is 0.315 e. The number of carbonyl (C=O) groups is 1. The molecule has 19 heavy (non-hydrogen) atoms. The molecule has 1 atom stereocenters. The van der Waals surface area contributed by atoms with Gasteiger partial charge in [0.2, 0.25) is 0 Å². The summed E-state index contributed by atoms with van der Waals surface area (Å²) in [5.41, 5.74) is 1.04. The minimum Gasteiger partial charge on any atom is -0.348 e. The van der Waals surface area contributed by atoms with Crippen LogP contribution in [-0.2, 0) is 6.42 Å². The highest BCUT2D eigenvalue weighted by molar-refractivity contribution is 5.74. The molecule has 0 spiro atoms. The van der Waals surface area contributed by atoms with Crippen LogP contribution in [0.2, 0.25) is 0 Å². The predicted octanol–water partition coefficient (Wildman–Crippen LogP) is 2.61. The van der Waals surface area contributed by atoms with Gasteiger partial charge in [-0.3, -0.25) is 0 Å². The van der Waals surface area contributed by atoms with Crippen LogP contribution >= 0.6 is 0 Å². The van der Waals surface area contributed by atoms with Gasteiger partial charge in [-0.15, -0.1) is 0 Å². The number of rotatable bonds is 9. The summed E-state index contributed by atoms with van der Waals surface area (Å²) in [7, 11) is 0. The molecule has 0 radical (unpaired) electrons. The molecule has 0 aliphatic carbocycles. The van der Waals surface area contributed by atoms with E-state index >= 15 is 0 Å². The number of nitrogens with one attached hydrogen (secondary N) is 3. The van der Waals surface area contributed by atoms with Crippen molar-refractivity contribution in [2.75, 3.05) is 6.54 Å². The molecule has 3 N–H and O–H groups in total. The van der Waals surface area contributed by atoms with Gasteiger partial charge in [0.15, 0.2) is 0 Å². The molecule has 108 valence electrons. The molecule has 1 rings (SSSR count). The van der Waals surface area contributed by atoms with Crippen molar-refractivity contribution in [2.45, 2.75) is 58.4 Å². The van der Waals surface area contributed by atoms with Gasteiger partial charge < -0.3 is 15.6 Å². The lowest BCUT2D eigenvalue weighted by atomic mass is 10.1. The lowest BCUT2D eigenvalue weighted by Gasteiger charge is -2.14. The number of urea groups is 1. The number of nitrogens with zero attached hydrogens (tertiary/aromatic N) is 1. The number of unbranched alkanes of at least 4 members (excludes halogenated alkanes) is 3. The molecule has 1 aromatic rings. The van der Waals surface area contributed by atoms with Crippen LogP contribution in [-0.4, -0.2) is 28.6 Å². The standard InChI is InChI=1S/C14H26N4O/c1-3-4-5-6-7-12(2)18-14(19)16-9-8-13-10-15-11-17-13/h10-12H,3-9H2,1-2H3,(H,15,17)(H2,16,18,19)/t12-/m1/s1. The van der Waals surface area contributed by atoms with E-state index < -0.39 is 0 Å². The molecular weight excluding hydrogens is 240 g/mol. The number of hydrogen-bond acceptors (Lipinski definition) is 2. The number of hydrogen-bond donors (Lipinski definition) is 3. The van der Waals surface area contributed by atoms with Crippen molar-refractivity contribution in [3.8, 4) is 0 Å². The Kier molecular flexibility index (Phi) is 7.70. The highest BCUT2D eigenvalue weighted by Gasteiger charge is 2.06. The first-order chi connectivity index (χ1) is 9.22. The van der Waals surface area contributed by atoms with Crippen LogP contribution < -0.4 is 10.6 Å². The molecule has 2 amide bonds. The molecular formula is C14H26N4O. The number of amides is 2. The third-order valence-corrected chi connectivity index (χ3v) is 3.10. The predicted molar refractivity (Wildman–Crippen MR) is 77.0 cm³/mol. The maximum absolute atomic E-state index is 11.6. The van der Waals surface area contributed by atoms with Crippen molar-refractivity contribution in [1.82, 2.24) is 20.6 Å². The topological polar surface area (TPSA) is 69.8 Å². The highest BCUT2D eigenvalue weighted by atomic mass is 16.2. The molecule has 0 aliphatic heterocycles. The smallest absolute Gasteiger partial charge is 0.315 e. The summed E-state index contributed by atoms with van der Waals surface area (Å²) in [6, 6.07) is 0.159. The van der Waals surface area contributed by atoms with E-state index in [1.807, 2.05) is 0 Å². The molecule has 1 aromatic heterocycles. The molecule has 0 bridgehead atoms. The number of carbonyl (C=O) groups excluding carboxylic acids is 1. The molecule has 0 saturated heterocycles. The van der Waals surface area contributed by atoms with Gasteiger partial charge in [0.25, 0.3) is 0 Å². The van der Waals surface area contributed by atoms with Gasteiger partial charge in [0.05, 0.1) is 6.33 Å². The second kappa shape index (κ2) is 9.42. The Morgan fingerprint density at radius 3 is 2.95 bits per heavy atom. The summed E-state index contributed by atoms with van der Waals surface area (Å²) in [5.74, 6) is 0. The monoisotopic (exact) mass is 266 g/mol. The third kappa shape index (κ3) is 7.49. The first kappa shape index (κ1) is 15.5. The number of aromatic nitrogens is 2. The Hall–Kier alpha value is -1.52. The summed E-state index contributed by atoms with van der Waals surface area (Å²) in [5, 5.41) is 5.82. The number of imidazole rings is 1. The van der Waals surface area contributed by atoms with Crippen LogP contribution in [0.5, 0.6) is 0 Å². The van der Waals surface area contributed by atoms with Crippen molar-refractivity contribution < 1.29 is 4.79 Å². The average Bonchev–Trinajstić information content (AvgIpc) is 2.88. The maximum atomic E-state index is 11.6. The van der Waals surface area contributed by atoms with Gasteiger partial charge in [-0.05, 0) is 13.3 Å². The quantitative estimate of drug-likeness (QED) is 0.601. The van der Waals surface area contributed by atoms with Gasteiger partial charge in [-0.1, -0.05) is 32.6 Å².